The Morgan fingerprint density at radius 2 is 1.85 bits per heavy atom. The van der Waals surface area contributed by atoms with Crippen molar-refractivity contribution in [3.05, 3.63) is 28.8 Å². The van der Waals surface area contributed by atoms with Crippen LogP contribution in [0.15, 0.2) is 17.0 Å². The first-order chi connectivity index (χ1) is 9.46. The molecule has 1 aliphatic heterocycles. The number of hydrogen-bond acceptors (Lipinski definition) is 3. The normalized spacial score (nSPS) is 16.8. The van der Waals surface area contributed by atoms with Gasteiger partial charge in [-0.25, -0.2) is 8.42 Å². The summed E-state index contributed by atoms with van der Waals surface area (Å²) >= 11 is 0. The summed E-state index contributed by atoms with van der Waals surface area (Å²) in [5.41, 5.74) is 2.95. The van der Waals surface area contributed by atoms with Crippen LogP contribution in [0.2, 0.25) is 0 Å². The molecule has 1 heterocycles. The molecule has 0 aliphatic carbocycles. The van der Waals surface area contributed by atoms with Crippen LogP contribution in [0.1, 0.15) is 36.5 Å². The smallest absolute Gasteiger partial charge is 0.243 e. The Labute approximate surface area is 122 Å². The second kappa shape index (κ2) is 6.24. The van der Waals surface area contributed by atoms with Crippen molar-refractivity contribution in [2.45, 2.75) is 45.1 Å². The molecule has 0 amide bonds. The van der Waals surface area contributed by atoms with E-state index in [2.05, 4.69) is 11.4 Å². The predicted octanol–water partition coefficient (Wildman–Crippen LogP) is 2.20. The van der Waals surface area contributed by atoms with E-state index in [1.807, 2.05) is 26.8 Å². The van der Waals surface area contributed by atoms with E-state index in [0.717, 1.165) is 36.1 Å². The summed E-state index contributed by atoms with van der Waals surface area (Å²) < 4.78 is 27.1. The van der Waals surface area contributed by atoms with Crippen molar-refractivity contribution in [2.75, 3.05) is 19.6 Å². The molecule has 5 heteroatoms. The van der Waals surface area contributed by atoms with Crippen LogP contribution >= 0.6 is 0 Å². The molecule has 0 atom stereocenters. The number of rotatable bonds is 5. The average Bonchev–Trinajstić information content (AvgIpc) is 2.94. The van der Waals surface area contributed by atoms with E-state index in [1.54, 1.807) is 4.31 Å². The van der Waals surface area contributed by atoms with E-state index in [4.69, 9.17) is 0 Å². The van der Waals surface area contributed by atoms with Gasteiger partial charge in [-0.1, -0.05) is 13.0 Å². The van der Waals surface area contributed by atoms with Gasteiger partial charge in [0.05, 0.1) is 4.90 Å². The van der Waals surface area contributed by atoms with E-state index in [0.29, 0.717) is 24.5 Å². The van der Waals surface area contributed by atoms with Gasteiger partial charge in [0.25, 0.3) is 0 Å². The molecule has 0 unspecified atom stereocenters. The number of hydrogen-bond donors (Lipinski definition) is 1. The summed E-state index contributed by atoms with van der Waals surface area (Å²) in [4.78, 5) is 0.479. The fourth-order valence-corrected chi connectivity index (χ4v) is 4.47. The monoisotopic (exact) mass is 296 g/mol. The number of benzene rings is 1. The average molecular weight is 296 g/mol. The van der Waals surface area contributed by atoms with Crippen molar-refractivity contribution in [1.29, 1.82) is 0 Å². The number of sulfonamides is 1. The van der Waals surface area contributed by atoms with Gasteiger partial charge >= 0.3 is 0 Å². The van der Waals surface area contributed by atoms with Gasteiger partial charge in [-0.2, -0.15) is 4.31 Å². The highest BCUT2D eigenvalue weighted by Crippen LogP contribution is 2.26. The second-order valence-corrected chi connectivity index (χ2v) is 7.33. The maximum absolute atomic E-state index is 12.7. The van der Waals surface area contributed by atoms with Gasteiger partial charge in [-0.15, -0.1) is 0 Å². The van der Waals surface area contributed by atoms with Gasteiger partial charge in [-0.05, 0) is 56.0 Å². The quantitative estimate of drug-likeness (QED) is 0.906. The first kappa shape index (κ1) is 15.5. The highest BCUT2D eigenvalue weighted by Gasteiger charge is 2.29. The molecule has 4 nitrogen and oxygen atoms in total. The van der Waals surface area contributed by atoms with E-state index in [1.165, 1.54) is 0 Å². The Morgan fingerprint density at radius 3 is 2.45 bits per heavy atom. The summed E-state index contributed by atoms with van der Waals surface area (Å²) in [6.45, 7) is 8.81. The molecule has 0 saturated carbocycles. The Kier molecular flexibility index (Phi) is 4.83. The van der Waals surface area contributed by atoms with Gasteiger partial charge in [0.15, 0.2) is 0 Å². The van der Waals surface area contributed by atoms with Crippen molar-refractivity contribution in [3.8, 4) is 0 Å². The lowest BCUT2D eigenvalue weighted by Gasteiger charge is -2.19. The molecule has 0 aromatic heterocycles. The van der Waals surface area contributed by atoms with Gasteiger partial charge in [0, 0.05) is 19.6 Å². The van der Waals surface area contributed by atoms with E-state index in [9.17, 15) is 8.42 Å². The van der Waals surface area contributed by atoms with Crippen LogP contribution in [0.4, 0.5) is 0 Å². The predicted molar refractivity (Wildman–Crippen MR) is 81.3 cm³/mol. The molecule has 1 aliphatic rings. The minimum absolute atomic E-state index is 0.479. The molecule has 20 heavy (non-hydrogen) atoms. The van der Waals surface area contributed by atoms with Crippen molar-refractivity contribution in [2.24, 2.45) is 0 Å². The van der Waals surface area contributed by atoms with Gasteiger partial charge in [0.1, 0.15) is 0 Å². The molecule has 2 rings (SSSR count). The SMILES string of the molecule is CCNCc1cc(C)c(C)c(S(=O)(=O)N2CCCC2)c1. The Bertz CT molecular complexity index is 576. The van der Waals surface area contributed by atoms with Crippen molar-refractivity contribution < 1.29 is 8.42 Å². The third kappa shape index (κ3) is 3.05. The van der Waals surface area contributed by atoms with Crippen molar-refractivity contribution >= 4 is 10.0 Å². The molecular formula is C15H24N2O2S. The molecule has 1 aromatic rings. The molecular weight excluding hydrogens is 272 g/mol. The first-order valence-corrected chi connectivity index (χ1v) is 8.72. The summed E-state index contributed by atoms with van der Waals surface area (Å²) in [5, 5.41) is 3.25. The highest BCUT2D eigenvalue weighted by molar-refractivity contribution is 7.89. The highest BCUT2D eigenvalue weighted by atomic mass is 32.2. The van der Waals surface area contributed by atoms with E-state index >= 15 is 0 Å². The fraction of sp³-hybridized carbons (Fsp3) is 0.600. The summed E-state index contributed by atoms with van der Waals surface area (Å²) in [7, 11) is -3.33. The Balaban J connectivity index is 2.41. The van der Waals surface area contributed by atoms with Crippen LogP contribution in [-0.2, 0) is 16.6 Å². The molecule has 112 valence electrons. The zero-order chi connectivity index (χ0) is 14.8. The third-order valence-electron chi connectivity index (χ3n) is 3.94. The lowest BCUT2D eigenvalue weighted by atomic mass is 10.1. The Morgan fingerprint density at radius 1 is 1.20 bits per heavy atom. The topological polar surface area (TPSA) is 49.4 Å². The number of nitrogens with zero attached hydrogens (tertiary/aromatic N) is 1. The summed E-state index contributed by atoms with van der Waals surface area (Å²) in [6.07, 6.45) is 1.93. The number of aryl methyl sites for hydroxylation is 1. The first-order valence-electron chi connectivity index (χ1n) is 7.27. The minimum atomic E-state index is -3.33. The van der Waals surface area contributed by atoms with Crippen molar-refractivity contribution in [3.63, 3.8) is 0 Å². The fourth-order valence-electron chi connectivity index (χ4n) is 2.61. The molecule has 1 fully saturated rings. The zero-order valence-corrected chi connectivity index (χ0v) is 13.4. The van der Waals surface area contributed by atoms with E-state index < -0.39 is 10.0 Å². The van der Waals surface area contributed by atoms with E-state index in [-0.39, 0.29) is 0 Å². The summed E-state index contributed by atoms with van der Waals surface area (Å²) in [6, 6.07) is 3.90. The van der Waals surface area contributed by atoms with Crippen LogP contribution < -0.4 is 5.32 Å². The maximum Gasteiger partial charge on any atom is 0.243 e. The molecule has 0 radical (unpaired) electrons. The standard InChI is InChI=1S/C15H24N2O2S/c1-4-16-11-14-9-12(2)13(3)15(10-14)20(18,19)17-7-5-6-8-17/h9-10,16H,4-8,11H2,1-3H3. The van der Waals surface area contributed by atoms with Crippen molar-refractivity contribution in [1.82, 2.24) is 9.62 Å². The molecule has 1 N–H and O–H groups in total. The lowest BCUT2D eigenvalue weighted by Crippen LogP contribution is -2.29. The van der Waals surface area contributed by atoms with Crippen LogP contribution in [0.5, 0.6) is 0 Å². The lowest BCUT2D eigenvalue weighted by molar-refractivity contribution is 0.476. The largest absolute Gasteiger partial charge is 0.313 e. The number of nitrogens with one attached hydrogen (secondary N) is 1. The van der Waals surface area contributed by atoms with Crippen LogP contribution in [-0.4, -0.2) is 32.4 Å². The molecule has 0 bridgehead atoms. The zero-order valence-electron chi connectivity index (χ0n) is 12.6. The van der Waals surface area contributed by atoms with Crippen LogP contribution in [0, 0.1) is 13.8 Å². The van der Waals surface area contributed by atoms with Crippen LogP contribution in [0.25, 0.3) is 0 Å². The van der Waals surface area contributed by atoms with Gasteiger partial charge in [-0.3, -0.25) is 0 Å². The minimum Gasteiger partial charge on any atom is -0.313 e. The third-order valence-corrected chi connectivity index (χ3v) is 5.97. The maximum atomic E-state index is 12.7. The summed E-state index contributed by atoms with van der Waals surface area (Å²) in [5.74, 6) is 0. The second-order valence-electron chi connectivity index (χ2n) is 5.43. The van der Waals surface area contributed by atoms with Gasteiger partial charge in [0.2, 0.25) is 10.0 Å². The molecule has 1 saturated heterocycles. The van der Waals surface area contributed by atoms with Crippen LogP contribution in [0.3, 0.4) is 0 Å². The molecule has 0 spiro atoms. The van der Waals surface area contributed by atoms with Gasteiger partial charge < -0.3 is 5.32 Å². The molecule has 1 aromatic carbocycles. The Hall–Kier alpha value is -0.910.